The molecule has 0 saturated carbocycles. The van der Waals surface area contributed by atoms with Gasteiger partial charge in [-0.1, -0.05) is 31.9 Å². The maximum atomic E-state index is 12.8. The van der Waals surface area contributed by atoms with Gasteiger partial charge in [0.1, 0.15) is 0 Å². The molecule has 7 nitrogen and oxygen atoms in total. The number of carbonyl (C=O) groups is 1. The molecule has 3 heterocycles. The summed E-state index contributed by atoms with van der Waals surface area (Å²) in [6.45, 7) is 4.09. The number of benzene rings is 1. The summed E-state index contributed by atoms with van der Waals surface area (Å²) in [6.07, 6.45) is 5.16. The van der Waals surface area contributed by atoms with Crippen LogP contribution in [0.4, 0.5) is 0 Å². The van der Waals surface area contributed by atoms with Crippen LogP contribution in [0.5, 0.6) is 0 Å². The summed E-state index contributed by atoms with van der Waals surface area (Å²) in [7, 11) is 1.86. The number of nitrogens with zero attached hydrogens (tertiary/aromatic N) is 3. The maximum absolute atomic E-state index is 12.8. The Morgan fingerprint density at radius 1 is 1.24 bits per heavy atom. The van der Waals surface area contributed by atoms with Gasteiger partial charge in [-0.25, -0.2) is 0 Å². The highest BCUT2D eigenvalue weighted by Crippen LogP contribution is 2.32. The highest BCUT2D eigenvalue weighted by molar-refractivity contribution is 6.09. The Balaban J connectivity index is 2.14. The van der Waals surface area contributed by atoms with Crippen molar-refractivity contribution in [1.29, 1.82) is 0 Å². The molecule has 7 heteroatoms. The highest BCUT2D eigenvalue weighted by atomic mass is 16.1. The van der Waals surface area contributed by atoms with Crippen LogP contribution < -0.4 is 11.3 Å². The van der Waals surface area contributed by atoms with Gasteiger partial charge in [-0.15, -0.1) is 0 Å². The third kappa shape index (κ3) is 3.25. The van der Waals surface area contributed by atoms with Crippen LogP contribution in [0, 0.1) is 11.8 Å². The number of aryl methyl sites for hydroxylation is 1. The summed E-state index contributed by atoms with van der Waals surface area (Å²) < 4.78 is 1.73. The van der Waals surface area contributed by atoms with Gasteiger partial charge in [-0.05, 0) is 22.9 Å². The van der Waals surface area contributed by atoms with Crippen molar-refractivity contribution < 1.29 is 4.79 Å². The number of amides is 1. The standard InChI is InChI=1S/C22H19N5O2/c1-12(2)20-16-6-4-13(15-10-25-27(3)11-15)8-17(16)19-21(26-20)14(5-7-18(23)28)9-24-22(19)29/h4,6,8-12H,1-3H3,(H2,23,28)(H,24,29). The number of hydrogen-bond acceptors (Lipinski definition) is 4. The number of rotatable bonds is 2. The van der Waals surface area contributed by atoms with Crippen molar-refractivity contribution in [2.75, 3.05) is 0 Å². The number of nitrogens with one attached hydrogen (secondary N) is 1. The molecule has 0 aliphatic carbocycles. The SMILES string of the molecule is CC(C)c1nc2c(C#CC(N)=O)c[nH]c(=O)c2c2cc(-c3cnn(C)c3)ccc12. The number of hydrogen-bond donors (Lipinski definition) is 2. The molecule has 4 rings (SSSR count). The zero-order valence-electron chi connectivity index (χ0n) is 16.3. The van der Waals surface area contributed by atoms with Gasteiger partial charge in [-0.3, -0.25) is 19.3 Å². The normalized spacial score (nSPS) is 11.0. The minimum absolute atomic E-state index is 0.127. The summed E-state index contributed by atoms with van der Waals surface area (Å²) in [5.41, 5.74) is 8.56. The van der Waals surface area contributed by atoms with Gasteiger partial charge in [-0.2, -0.15) is 5.10 Å². The predicted octanol–water partition coefficient (Wildman–Crippen LogP) is 2.44. The molecule has 0 aliphatic rings. The van der Waals surface area contributed by atoms with Crippen LogP contribution in [0.15, 0.2) is 41.6 Å². The van der Waals surface area contributed by atoms with Crippen LogP contribution >= 0.6 is 0 Å². The molecular weight excluding hydrogens is 366 g/mol. The lowest BCUT2D eigenvalue weighted by atomic mass is 9.95. The van der Waals surface area contributed by atoms with Gasteiger partial charge < -0.3 is 10.7 Å². The molecule has 0 unspecified atom stereocenters. The van der Waals surface area contributed by atoms with Crippen molar-refractivity contribution in [1.82, 2.24) is 19.7 Å². The van der Waals surface area contributed by atoms with Crippen LogP contribution in [-0.2, 0) is 11.8 Å². The first-order chi connectivity index (χ1) is 13.8. The third-order valence-corrected chi connectivity index (χ3v) is 4.77. The van der Waals surface area contributed by atoms with Gasteiger partial charge >= 0.3 is 0 Å². The van der Waals surface area contributed by atoms with E-state index in [2.05, 4.69) is 21.9 Å². The lowest BCUT2D eigenvalue weighted by molar-refractivity contribution is -0.112. The van der Waals surface area contributed by atoms with Gasteiger partial charge in [0, 0.05) is 36.3 Å². The number of H-pyrrole nitrogens is 1. The average molecular weight is 385 g/mol. The highest BCUT2D eigenvalue weighted by Gasteiger charge is 2.16. The minimum atomic E-state index is -0.743. The molecule has 0 bridgehead atoms. The Morgan fingerprint density at radius 3 is 2.69 bits per heavy atom. The van der Waals surface area contributed by atoms with Gasteiger partial charge in [0.25, 0.3) is 11.5 Å². The number of nitrogens with two attached hydrogens (primary N) is 1. The van der Waals surface area contributed by atoms with Crippen LogP contribution in [-0.4, -0.2) is 25.7 Å². The fourth-order valence-electron chi connectivity index (χ4n) is 3.46. The molecule has 3 aromatic heterocycles. The van der Waals surface area contributed by atoms with Crippen LogP contribution in [0.1, 0.15) is 31.0 Å². The Bertz CT molecular complexity index is 1400. The molecule has 0 radical (unpaired) electrons. The Morgan fingerprint density at radius 2 is 2.03 bits per heavy atom. The molecule has 0 atom stereocenters. The van der Waals surface area contributed by atoms with E-state index in [0.29, 0.717) is 16.5 Å². The van der Waals surface area contributed by atoms with Crippen LogP contribution in [0.25, 0.3) is 32.8 Å². The maximum Gasteiger partial charge on any atom is 0.293 e. The zero-order chi connectivity index (χ0) is 20.7. The summed E-state index contributed by atoms with van der Waals surface area (Å²) in [5.74, 6) is 4.43. The fraction of sp³-hybridized carbons (Fsp3) is 0.182. The Kier molecular flexibility index (Phi) is 4.40. The zero-order valence-corrected chi connectivity index (χ0v) is 16.3. The lowest BCUT2D eigenvalue weighted by Crippen LogP contribution is -2.11. The van der Waals surface area contributed by atoms with E-state index in [1.54, 1.807) is 10.9 Å². The number of fused-ring (bicyclic) bond motifs is 3. The van der Waals surface area contributed by atoms with Crippen molar-refractivity contribution in [2.45, 2.75) is 19.8 Å². The van der Waals surface area contributed by atoms with E-state index in [1.807, 2.05) is 45.3 Å². The largest absolute Gasteiger partial charge is 0.359 e. The van der Waals surface area contributed by atoms with Crippen molar-refractivity contribution in [3.63, 3.8) is 0 Å². The fourth-order valence-corrected chi connectivity index (χ4v) is 3.46. The summed E-state index contributed by atoms with van der Waals surface area (Å²) in [4.78, 5) is 31.3. The van der Waals surface area contributed by atoms with Crippen LogP contribution in [0.3, 0.4) is 0 Å². The molecule has 0 aliphatic heterocycles. The van der Waals surface area contributed by atoms with E-state index in [-0.39, 0.29) is 11.5 Å². The van der Waals surface area contributed by atoms with Crippen molar-refractivity contribution in [3.8, 4) is 23.0 Å². The van der Waals surface area contributed by atoms with Gasteiger partial charge in [0.05, 0.1) is 28.4 Å². The van der Waals surface area contributed by atoms with Crippen molar-refractivity contribution in [2.24, 2.45) is 12.8 Å². The quantitative estimate of drug-likeness (QED) is 0.408. The Labute approximate surface area is 166 Å². The topological polar surface area (TPSA) is 107 Å². The molecule has 0 spiro atoms. The number of primary amides is 1. The molecule has 1 aromatic carbocycles. The van der Waals surface area contributed by atoms with Crippen LogP contribution in [0.2, 0.25) is 0 Å². The smallest absolute Gasteiger partial charge is 0.293 e. The van der Waals surface area contributed by atoms with Crippen molar-refractivity contribution >= 4 is 27.6 Å². The predicted molar refractivity (Wildman–Crippen MR) is 112 cm³/mol. The first-order valence-corrected chi connectivity index (χ1v) is 9.14. The first-order valence-electron chi connectivity index (χ1n) is 9.14. The molecule has 4 aromatic rings. The van der Waals surface area contributed by atoms with Gasteiger partial charge in [0.2, 0.25) is 0 Å². The monoisotopic (exact) mass is 385 g/mol. The van der Waals surface area contributed by atoms with E-state index in [9.17, 15) is 9.59 Å². The second-order valence-electron chi connectivity index (χ2n) is 7.18. The molecule has 0 fully saturated rings. The molecule has 1 amide bonds. The van der Waals surface area contributed by atoms with E-state index in [1.165, 1.54) is 6.20 Å². The van der Waals surface area contributed by atoms with E-state index in [0.717, 1.165) is 27.6 Å². The molecule has 0 saturated heterocycles. The van der Waals surface area contributed by atoms with E-state index < -0.39 is 5.91 Å². The first kappa shape index (κ1) is 18.4. The van der Waals surface area contributed by atoms with E-state index in [4.69, 9.17) is 10.7 Å². The van der Waals surface area contributed by atoms with Gasteiger partial charge in [0.15, 0.2) is 0 Å². The molecule has 3 N–H and O–H groups in total. The molecule has 29 heavy (non-hydrogen) atoms. The number of pyridine rings is 2. The summed E-state index contributed by atoms with van der Waals surface area (Å²) in [6, 6.07) is 5.97. The minimum Gasteiger partial charge on any atom is -0.359 e. The second kappa shape index (κ2) is 6.91. The summed E-state index contributed by atoms with van der Waals surface area (Å²) in [5, 5.41) is 6.35. The number of aromatic amines is 1. The van der Waals surface area contributed by atoms with Crippen molar-refractivity contribution in [3.05, 3.63) is 58.4 Å². The number of aromatic nitrogens is 4. The number of carbonyl (C=O) groups excluding carboxylic acids is 1. The average Bonchev–Trinajstić information content (AvgIpc) is 3.12. The summed E-state index contributed by atoms with van der Waals surface area (Å²) >= 11 is 0. The van der Waals surface area contributed by atoms with E-state index >= 15 is 0 Å². The lowest BCUT2D eigenvalue weighted by Gasteiger charge is -2.13. The molecular formula is C22H19N5O2. The third-order valence-electron chi connectivity index (χ3n) is 4.77. The molecule has 144 valence electrons. The second-order valence-corrected chi connectivity index (χ2v) is 7.18. The Hall–Kier alpha value is -3.92.